The van der Waals surface area contributed by atoms with Gasteiger partial charge in [-0.1, -0.05) is 0 Å². The van der Waals surface area contributed by atoms with Gasteiger partial charge >= 0.3 is 0 Å². The number of aliphatic imine (C=N–C) groups is 1. The van der Waals surface area contributed by atoms with E-state index in [9.17, 15) is 4.79 Å². The Morgan fingerprint density at radius 2 is 2.17 bits per heavy atom. The Hall–Kier alpha value is -0.660. The molecule has 1 spiro atoms. The van der Waals surface area contributed by atoms with Crippen molar-refractivity contribution in [2.45, 2.75) is 25.3 Å². The van der Waals surface area contributed by atoms with Crippen molar-refractivity contribution in [3.05, 3.63) is 0 Å². The van der Waals surface area contributed by atoms with Crippen LogP contribution in [-0.2, 0) is 4.79 Å². The first-order valence-corrected chi connectivity index (χ1v) is 4.52. The minimum atomic E-state index is 0.309. The first kappa shape index (κ1) is 7.96. The van der Waals surface area contributed by atoms with Gasteiger partial charge in [0.15, 0.2) is 0 Å². The molecule has 3 heteroatoms. The zero-order valence-corrected chi connectivity index (χ0v) is 7.42. The van der Waals surface area contributed by atoms with E-state index >= 15 is 0 Å². The quantitative estimate of drug-likeness (QED) is 0.426. The highest BCUT2D eigenvalue weighted by Crippen LogP contribution is 2.55. The summed E-state index contributed by atoms with van der Waals surface area (Å²) in [6, 6.07) is 0.309. The summed E-state index contributed by atoms with van der Waals surface area (Å²) in [6.45, 7) is 2.32. The van der Waals surface area contributed by atoms with Crippen molar-refractivity contribution in [3.63, 3.8) is 0 Å². The molecule has 2 rings (SSSR count). The Kier molecular flexibility index (Phi) is 1.78. The summed E-state index contributed by atoms with van der Waals surface area (Å²) in [6.07, 6.45) is 5.21. The molecule has 1 saturated heterocycles. The number of rotatable bonds is 1. The van der Waals surface area contributed by atoms with Crippen LogP contribution in [0.2, 0.25) is 0 Å². The summed E-state index contributed by atoms with van der Waals surface area (Å²) in [5.74, 6) is 0. The van der Waals surface area contributed by atoms with E-state index in [1.807, 2.05) is 0 Å². The van der Waals surface area contributed by atoms with Gasteiger partial charge in [0, 0.05) is 0 Å². The number of nitrogens with zero attached hydrogens (tertiary/aromatic N) is 2. The molecule has 1 saturated carbocycles. The van der Waals surface area contributed by atoms with Crippen molar-refractivity contribution in [3.8, 4) is 0 Å². The zero-order valence-electron chi connectivity index (χ0n) is 7.42. The highest BCUT2D eigenvalue weighted by atomic mass is 16.1. The van der Waals surface area contributed by atoms with E-state index in [-0.39, 0.29) is 0 Å². The normalized spacial score (nSPS) is 32.9. The molecular weight excluding hydrogens is 152 g/mol. The predicted octanol–water partition coefficient (Wildman–Crippen LogP) is 0.806. The van der Waals surface area contributed by atoms with Crippen LogP contribution in [0.3, 0.4) is 0 Å². The Morgan fingerprint density at radius 1 is 1.50 bits per heavy atom. The topological polar surface area (TPSA) is 32.7 Å². The Bertz CT molecular complexity index is 225. The molecule has 3 nitrogen and oxygen atoms in total. The SMILES string of the molecule is CN1CCC2(CC1)CC2N=C=O. The maximum absolute atomic E-state index is 10.0. The minimum absolute atomic E-state index is 0.309. The number of hydrogen-bond acceptors (Lipinski definition) is 3. The monoisotopic (exact) mass is 166 g/mol. The second-order valence-electron chi connectivity index (χ2n) is 4.11. The van der Waals surface area contributed by atoms with E-state index in [0.29, 0.717) is 11.5 Å². The molecule has 0 bridgehead atoms. The van der Waals surface area contributed by atoms with Crippen LogP contribution in [0.5, 0.6) is 0 Å². The summed E-state index contributed by atoms with van der Waals surface area (Å²) >= 11 is 0. The van der Waals surface area contributed by atoms with Crippen LogP contribution < -0.4 is 0 Å². The van der Waals surface area contributed by atoms with Gasteiger partial charge in [-0.3, -0.25) is 0 Å². The summed E-state index contributed by atoms with van der Waals surface area (Å²) < 4.78 is 0. The lowest BCUT2D eigenvalue weighted by molar-refractivity contribution is 0.201. The van der Waals surface area contributed by atoms with Crippen LogP contribution in [0.1, 0.15) is 19.3 Å². The number of isocyanates is 1. The number of carbonyl (C=O) groups excluding carboxylic acids is 1. The number of likely N-dealkylation sites (tertiary alicyclic amines) is 1. The van der Waals surface area contributed by atoms with E-state index in [0.717, 1.165) is 19.5 Å². The van der Waals surface area contributed by atoms with Gasteiger partial charge in [-0.15, -0.1) is 0 Å². The number of piperidine rings is 1. The van der Waals surface area contributed by atoms with Crippen LogP contribution in [0.25, 0.3) is 0 Å². The second kappa shape index (κ2) is 2.68. The van der Waals surface area contributed by atoms with Gasteiger partial charge in [0.25, 0.3) is 0 Å². The second-order valence-corrected chi connectivity index (χ2v) is 4.11. The molecule has 1 aliphatic heterocycles. The van der Waals surface area contributed by atoms with Gasteiger partial charge in [0.2, 0.25) is 6.08 Å². The molecule has 66 valence electrons. The van der Waals surface area contributed by atoms with E-state index in [1.165, 1.54) is 12.8 Å². The highest BCUT2D eigenvalue weighted by molar-refractivity contribution is 5.36. The van der Waals surface area contributed by atoms with Gasteiger partial charge in [0.1, 0.15) is 0 Å². The van der Waals surface area contributed by atoms with Crippen molar-refractivity contribution in [1.29, 1.82) is 0 Å². The third-order valence-corrected chi connectivity index (χ3v) is 3.34. The molecular formula is C9H14N2O. The summed E-state index contributed by atoms with van der Waals surface area (Å²) in [7, 11) is 2.15. The third-order valence-electron chi connectivity index (χ3n) is 3.34. The molecule has 0 amide bonds. The molecule has 0 aromatic heterocycles. The van der Waals surface area contributed by atoms with Gasteiger partial charge in [0.05, 0.1) is 6.04 Å². The van der Waals surface area contributed by atoms with Crippen LogP contribution in [-0.4, -0.2) is 37.2 Å². The van der Waals surface area contributed by atoms with Gasteiger partial charge in [-0.25, -0.2) is 9.79 Å². The van der Waals surface area contributed by atoms with Crippen LogP contribution in [0, 0.1) is 5.41 Å². The van der Waals surface area contributed by atoms with Gasteiger partial charge in [-0.05, 0) is 44.8 Å². The highest BCUT2D eigenvalue weighted by Gasteiger charge is 2.54. The maximum atomic E-state index is 10.0. The molecule has 2 fully saturated rings. The molecule has 1 unspecified atom stereocenters. The molecule has 0 radical (unpaired) electrons. The van der Waals surface area contributed by atoms with Crippen molar-refractivity contribution in [2.24, 2.45) is 10.4 Å². The standard InChI is InChI=1S/C9H14N2O/c1-11-4-2-9(3-5-11)6-8(9)10-7-12/h8H,2-6H2,1H3. The molecule has 1 heterocycles. The van der Waals surface area contributed by atoms with Crippen molar-refractivity contribution in [2.75, 3.05) is 20.1 Å². The van der Waals surface area contributed by atoms with Crippen LogP contribution in [0.4, 0.5) is 0 Å². The molecule has 0 aromatic carbocycles. The third kappa shape index (κ3) is 1.19. The summed E-state index contributed by atoms with van der Waals surface area (Å²) in [5, 5.41) is 0. The summed E-state index contributed by atoms with van der Waals surface area (Å²) in [5.41, 5.74) is 0.407. The molecule has 2 aliphatic rings. The van der Waals surface area contributed by atoms with Crippen LogP contribution in [0.15, 0.2) is 4.99 Å². The molecule has 0 N–H and O–H groups in total. The Labute approximate surface area is 72.5 Å². The largest absolute Gasteiger partial charge is 0.306 e. The zero-order chi connectivity index (χ0) is 8.60. The molecule has 1 atom stereocenters. The first-order valence-electron chi connectivity index (χ1n) is 4.52. The lowest BCUT2D eigenvalue weighted by Gasteiger charge is -2.28. The fraction of sp³-hybridized carbons (Fsp3) is 0.889. The summed E-state index contributed by atoms with van der Waals surface area (Å²) in [4.78, 5) is 16.2. The van der Waals surface area contributed by atoms with Crippen molar-refractivity contribution >= 4 is 6.08 Å². The first-order chi connectivity index (χ1) is 5.77. The van der Waals surface area contributed by atoms with Crippen molar-refractivity contribution < 1.29 is 4.79 Å². The van der Waals surface area contributed by atoms with Gasteiger partial charge < -0.3 is 4.90 Å². The van der Waals surface area contributed by atoms with Crippen molar-refractivity contribution in [1.82, 2.24) is 4.90 Å². The predicted molar refractivity (Wildman–Crippen MR) is 45.7 cm³/mol. The molecule has 12 heavy (non-hydrogen) atoms. The average molecular weight is 166 g/mol. The number of hydrogen-bond donors (Lipinski definition) is 0. The fourth-order valence-corrected chi connectivity index (χ4v) is 2.17. The van der Waals surface area contributed by atoms with Gasteiger partial charge in [-0.2, -0.15) is 0 Å². The Morgan fingerprint density at radius 3 is 2.75 bits per heavy atom. The van der Waals surface area contributed by atoms with E-state index in [2.05, 4.69) is 16.9 Å². The Balaban J connectivity index is 1.95. The molecule has 1 aliphatic carbocycles. The van der Waals surface area contributed by atoms with Crippen LogP contribution >= 0.6 is 0 Å². The fourth-order valence-electron chi connectivity index (χ4n) is 2.17. The lowest BCUT2D eigenvalue weighted by atomic mass is 9.93. The average Bonchev–Trinajstić information content (AvgIpc) is 2.72. The van der Waals surface area contributed by atoms with E-state index < -0.39 is 0 Å². The van der Waals surface area contributed by atoms with E-state index in [1.54, 1.807) is 6.08 Å². The lowest BCUT2D eigenvalue weighted by Crippen LogP contribution is -2.32. The maximum Gasteiger partial charge on any atom is 0.235 e. The minimum Gasteiger partial charge on any atom is -0.306 e. The molecule has 0 aromatic rings. The smallest absolute Gasteiger partial charge is 0.235 e. The van der Waals surface area contributed by atoms with E-state index in [4.69, 9.17) is 0 Å².